The van der Waals surface area contributed by atoms with Gasteiger partial charge in [0.2, 0.25) is 0 Å². The van der Waals surface area contributed by atoms with Gasteiger partial charge in [-0.05, 0) is 53.6 Å². The van der Waals surface area contributed by atoms with E-state index in [9.17, 15) is 0 Å². The second-order valence-electron chi connectivity index (χ2n) is 3.89. The van der Waals surface area contributed by atoms with Crippen LogP contribution in [0.25, 0.3) is 0 Å². The molecule has 0 bridgehead atoms. The first kappa shape index (κ1) is 11.9. The molecular weight excluding hydrogens is 289 g/mol. The lowest BCUT2D eigenvalue weighted by Crippen LogP contribution is -2.43. The zero-order valence-corrected chi connectivity index (χ0v) is 10.7. The molecule has 0 amide bonds. The van der Waals surface area contributed by atoms with Crippen LogP contribution < -0.4 is 5.73 Å². The zero-order valence-electron chi connectivity index (χ0n) is 8.59. The molecule has 0 radical (unpaired) electrons. The van der Waals surface area contributed by atoms with Gasteiger partial charge in [0.1, 0.15) is 0 Å². The molecule has 1 rings (SSSR count). The second kappa shape index (κ2) is 5.09. The predicted octanol–water partition coefficient (Wildman–Crippen LogP) is 2.20. The maximum absolute atomic E-state index is 6.07. The van der Waals surface area contributed by atoms with Crippen LogP contribution in [0.5, 0.6) is 0 Å². The summed E-state index contributed by atoms with van der Waals surface area (Å²) < 4.78 is 6.32. The summed E-state index contributed by atoms with van der Waals surface area (Å²) in [6.45, 7) is 2.59. The SMILES string of the molecule is COCC(C)(N)Cc1ccc(I)cc1. The summed E-state index contributed by atoms with van der Waals surface area (Å²) in [6.07, 6.45) is 0.845. The van der Waals surface area contributed by atoms with Gasteiger partial charge in [0.05, 0.1) is 6.61 Å². The molecular formula is C11H16INO. The van der Waals surface area contributed by atoms with Crippen molar-refractivity contribution in [1.82, 2.24) is 0 Å². The Bertz CT molecular complexity index is 282. The first-order chi connectivity index (χ1) is 6.53. The highest BCUT2D eigenvalue weighted by Gasteiger charge is 2.18. The Kier molecular flexibility index (Phi) is 4.34. The maximum Gasteiger partial charge on any atom is 0.0642 e. The van der Waals surface area contributed by atoms with Crippen molar-refractivity contribution in [2.45, 2.75) is 18.9 Å². The highest BCUT2D eigenvalue weighted by molar-refractivity contribution is 14.1. The average Bonchev–Trinajstić information content (AvgIpc) is 2.08. The third kappa shape index (κ3) is 3.94. The number of hydrogen-bond donors (Lipinski definition) is 1. The van der Waals surface area contributed by atoms with Crippen LogP contribution in [0.2, 0.25) is 0 Å². The Balaban J connectivity index is 2.64. The Morgan fingerprint density at radius 3 is 2.43 bits per heavy atom. The minimum Gasteiger partial charge on any atom is -0.383 e. The van der Waals surface area contributed by atoms with E-state index in [1.807, 2.05) is 6.92 Å². The predicted molar refractivity (Wildman–Crippen MR) is 67.3 cm³/mol. The van der Waals surface area contributed by atoms with Crippen molar-refractivity contribution in [3.8, 4) is 0 Å². The molecule has 1 aromatic rings. The molecule has 14 heavy (non-hydrogen) atoms. The van der Waals surface area contributed by atoms with Crippen LogP contribution in [0.1, 0.15) is 12.5 Å². The van der Waals surface area contributed by atoms with Crippen LogP contribution >= 0.6 is 22.6 Å². The molecule has 0 heterocycles. The summed E-state index contributed by atoms with van der Waals surface area (Å²) in [4.78, 5) is 0. The fraction of sp³-hybridized carbons (Fsp3) is 0.455. The number of ether oxygens (including phenoxy) is 1. The number of benzene rings is 1. The van der Waals surface area contributed by atoms with Gasteiger partial charge in [-0.25, -0.2) is 0 Å². The van der Waals surface area contributed by atoms with Crippen LogP contribution in [0, 0.1) is 3.57 Å². The molecule has 0 aliphatic carbocycles. The average molecular weight is 305 g/mol. The maximum atomic E-state index is 6.07. The Hall–Kier alpha value is -0.130. The van der Waals surface area contributed by atoms with Crippen LogP contribution in [-0.4, -0.2) is 19.3 Å². The topological polar surface area (TPSA) is 35.2 Å². The first-order valence-corrected chi connectivity index (χ1v) is 5.64. The van der Waals surface area contributed by atoms with Gasteiger partial charge in [-0.3, -0.25) is 0 Å². The molecule has 78 valence electrons. The molecule has 1 unspecified atom stereocenters. The van der Waals surface area contributed by atoms with E-state index in [1.54, 1.807) is 7.11 Å². The molecule has 0 aliphatic heterocycles. The lowest BCUT2D eigenvalue weighted by atomic mass is 9.95. The number of rotatable bonds is 4. The molecule has 2 nitrogen and oxygen atoms in total. The number of halogens is 1. The van der Waals surface area contributed by atoms with Crippen LogP contribution in [-0.2, 0) is 11.2 Å². The largest absolute Gasteiger partial charge is 0.383 e. The standard InChI is InChI=1S/C11H16INO/c1-11(13,8-14-2)7-9-3-5-10(12)6-4-9/h3-6H,7-8,13H2,1-2H3. The summed E-state index contributed by atoms with van der Waals surface area (Å²) in [7, 11) is 1.68. The molecule has 0 fully saturated rings. The van der Waals surface area contributed by atoms with Gasteiger partial charge < -0.3 is 10.5 Å². The van der Waals surface area contributed by atoms with Gasteiger partial charge in [-0.15, -0.1) is 0 Å². The Morgan fingerprint density at radius 1 is 1.36 bits per heavy atom. The minimum atomic E-state index is -0.276. The highest BCUT2D eigenvalue weighted by atomic mass is 127. The van der Waals surface area contributed by atoms with Crippen LogP contribution in [0.15, 0.2) is 24.3 Å². The van der Waals surface area contributed by atoms with Gasteiger partial charge in [0.25, 0.3) is 0 Å². The van der Waals surface area contributed by atoms with E-state index in [0.717, 1.165) is 6.42 Å². The van der Waals surface area contributed by atoms with Crippen LogP contribution in [0.4, 0.5) is 0 Å². The Labute approximate surface area is 99.0 Å². The lowest BCUT2D eigenvalue weighted by Gasteiger charge is -2.23. The molecule has 0 saturated carbocycles. The number of hydrogen-bond acceptors (Lipinski definition) is 2. The fourth-order valence-corrected chi connectivity index (χ4v) is 1.81. The van der Waals surface area contributed by atoms with Crippen molar-refractivity contribution in [2.75, 3.05) is 13.7 Å². The molecule has 0 spiro atoms. The molecule has 0 saturated heterocycles. The zero-order chi connectivity index (χ0) is 10.6. The summed E-state index contributed by atoms with van der Waals surface area (Å²) in [5.74, 6) is 0. The quantitative estimate of drug-likeness (QED) is 0.866. The minimum absolute atomic E-state index is 0.276. The monoisotopic (exact) mass is 305 g/mol. The van der Waals surface area contributed by atoms with Gasteiger partial charge in [0.15, 0.2) is 0 Å². The molecule has 3 heteroatoms. The van der Waals surface area contributed by atoms with Crippen molar-refractivity contribution in [3.63, 3.8) is 0 Å². The van der Waals surface area contributed by atoms with E-state index in [1.165, 1.54) is 9.13 Å². The second-order valence-corrected chi connectivity index (χ2v) is 5.14. The van der Waals surface area contributed by atoms with Crippen molar-refractivity contribution >= 4 is 22.6 Å². The first-order valence-electron chi connectivity index (χ1n) is 4.56. The molecule has 1 atom stereocenters. The van der Waals surface area contributed by atoms with Gasteiger partial charge >= 0.3 is 0 Å². The summed E-state index contributed by atoms with van der Waals surface area (Å²) in [5.41, 5.74) is 7.05. The highest BCUT2D eigenvalue weighted by Crippen LogP contribution is 2.13. The summed E-state index contributed by atoms with van der Waals surface area (Å²) in [6, 6.07) is 8.42. The van der Waals surface area contributed by atoms with E-state index < -0.39 is 0 Å². The van der Waals surface area contributed by atoms with E-state index in [4.69, 9.17) is 10.5 Å². The van der Waals surface area contributed by atoms with E-state index in [0.29, 0.717) is 6.61 Å². The van der Waals surface area contributed by atoms with Crippen molar-refractivity contribution in [1.29, 1.82) is 0 Å². The molecule has 2 N–H and O–H groups in total. The molecule has 0 aliphatic rings. The third-order valence-corrected chi connectivity index (χ3v) is 2.71. The summed E-state index contributed by atoms with van der Waals surface area (Å²) in [5, 5.41) is 0. The fourth-order valence-electron chi connectivity index (χ4n) is 1.45. The number of nitrogens with two attached hydrogens (primary N) is 1. The Morgan fingerprint density at radius 2 is 1.93 bits per heavy atom. The summed E-state index contributed by atoms with van der Waals surface area (Å²) >= 11 is 2.29. The van der Waals surface area contributed by atoms with Crippen LogP contribution in [0.3, 0.4) is 0 Å². The smallest absolute Gasteiger partial charge is 0.0642 e. The van der Waals surface area contributed by atoms with Crippen molar-refractivity contribution in [2.24, 2.45) is 5.73 Å². The number of methoxy groups -OCH3 is 1. The van der Waals surface area contributed by atoms with Gasteiger partial charge in [0, 0.05) is 16.2 Å². The van der Waals surface area contributed by atoms with Gasteiger partial charge in [-0.2, -0.15) is 0 Å². The van der Waals surface area contributed by atoms with E-state index in [-0.39, 0.29) is 5.54 Å². The van der Waals surface area contributed by atoms with Crippen molar-refractivity contribution < 1.29 is 4.74 Å². The molecule has 0 aromatic heterocycles. The van der Waals surface area contributed by atoms with Crippen molar-refractivity contribution in [3.05, 3.63) is 33.4 Å². The lowest BCUT2D eigenvalue weighted by molar-refractivity contribution is 0.141. The van der Waals surface area contributed by atoms with Gasteiger partial charge in [-0.1, -0.05) is 12.1 Å². The molecule has 1 aromatic carbocycles. The van der Waals surface area contributed by atoms with E-state index in [2.05, 4.69) is 46.9 Å². The van der Waals surface area contributed by atoms with E-state index >= 15 is 0 Å². The normalized spacial score (nSPS) is 15.1. The third-order valence-electron chi connectivity index (χ3n) is 2.00.